The van der Waals surface area contributed by atoms with Gasteiger partial charge in [-0.05, 0) is 6.07 Å². The standard InChI is InChI=1S/C15H18N6/c1-19-10-13(8-17-19)12-2-3-14-15(9-18-21(14)11-12)20-6-4-16-5-7-20/h2-3,8-11,16H,4-7H2,1H3. The number of piperazine rings is 1. The molecule has 21 heavy (non-hydrogen) atoms. The molecule has 0 amide bonds. The molecule has 3 aromatic heterocycles. The Kier molecular flexibility index (Phi) is 2.89. The molecule has 1 aliphatic rings. The van der Waals surface area contributed by atoms with Gasteiger partial charge in [0, 0.05) is 56.7 Å². The van der Waals surface area contributed by atoms with E-state index in [-0.39, 0.29) is 0 Å². The lowest BCUT2D eigenvalue weighted by atomic mass is 10.1. The van der Waals surface area contributed by atoms with Crippen LogP contribution in [0.2, 0.25) is 0 Å². The van der Waals surface area contributed by atoms with Crippen LogP contribution in [0, 0.1) is 0 Å². The summed E-state index contributed by atoms with van der Waals surface area (Å²) in [6.07, 6.45) is 7.93. The van der Waals surface area contributed by atoms with E-state index in [1.807, 2.05) is 34.8 Å². The van der Waals surface area contributed by atoms with E-state index in [0.29, 0.717) is 0 Å². The average molecular weight is 282 g/mol. The van der Waals surface area contributed by atoms with Crippen molar-refractivity contribution >= 4 is 11.2 Å². The molecule has 1 saturated heterocycles. The summed E-state index contributed by atoms with van der Waals surface area (Å²) in [5.74, 6) is 0. The highest BCUT2D eigenvalue weighted by atomic mass is 15.3. The topological polar surface area (TPSA) is 50.4 Å². The lowest BCUT2D eigenvalue weighted by Crippen LogP contribution is -2.43. The average Bonchev–Trinajstić information content (AvgIpc) is 3.13. The molecule has 0 saturated carbocycles. The number of nitrogens with one attached hydrogen (secondary N) is 1. The highest BCUT2D eigenvalue weighted by Gasteiger charge is 2.15. The summed E-state index contributed by atoms with van der Waals surface area (Å²) in [4.78, 5) is 2.39. The van der Waals surface area contributed by atoms with Gasteiger partial charge in [0.2, 0.25) is 0 Å². The van der Waals surface area contributed by atoms with Crippen LogP contribution in [0.1, 0.15) is 0 Å². The second-order valence-corrected chi connectivity index (χ2v) is 5.42. The maximum absolute atomic E-state index is 4.51. The van der Waals surface area contributed by atoms with Gasteiger partial charge in [-0.2, -0.15) is 10.2 Å². The number of anilines is 1. The maximum atomic E-state index is 4.51. The summed E-state index contributed by atoms with van der Waals surface area (Å²) >= 11 is 0. The summed E-state index contributed by atoms with van der Waals surface area (Å²) < 4.78 is 3.77. The quantitative estimate of drug-likeness (QED) is 0.766. The van der Waals surface area contributed by atoms with Crippen molar-refractivity contribution in [3.05, 3.63) is 36.9 Å². The predicted octanol–water partition coefficient (Wildman–Crippen LogP) is 1.14. The molecule has 0 bridgehead atoms. The van der Waals surface area contributed by atoms with Gasteiger partial charge in [0.15, 0.2) is 0 Å². The predicted molar refractivity (Wildman–Crippen MR) is 82.5 cm³/mol. The van der Waals surface area contributed by atoms with E-state index in [4.69, 9.17) is 0 Å². The molecule has 6 nitrogen and oxygen atoms in total. The van der Waals surface area contributed by atoms with Gasteiger partial charge in [-0.25, -0.2) is 4.52 Å². The van der Waals surface area contributed by atoms with Gasteiger partial charge in [0.05, 0.1) is 23.6 Å². The summed E-state index contributed by atoms with van der Waals surface area (Å²) in [7, 11) is 1.93. The number of aromatic nitrogens is 4. The molecule has 0 radical (unpaired) electrons. The second kappa shape index (κ2) is 4.89. The van der Waals surface area contributed by atoms with Gasteiger partial charge in [-0.3, -0.25) is 4.68 Å². The molecular weight excluding hydrogens is 264 g/mol. The molecule has 0 spiro atoms. The minimum absolute atomic E-state index is 1.03. The van der Waals surface area contributed by atoms with Crippen molar-refractivity contribution in [3.8, 4) is 11.1 Å². The molecule has 0 aromatic carbocycles. The first-order chi connectivity index (χ1) is 10.3. The normalized spacial score (nSPS) is 15.8. The summed E-state index contributed by atoms with van der Waals surface area (Å²) in [5, 5.41) is 12.1. The number of hydrogen-bond donors (Lipinski definition) is 1. The van der Waals surface area contributed by atoms with Crippen molar-refractivity contribution in [3.63, 3.8) is 0 Å². The van der Waals surface area contributed by atoms with Crippen LogP contribution >= 0.6 is 0 Å². The van der Waals surface area contributed by atoms with Crippen LogP contribution in [0.25, 0.3) is 16.6 Å². The minimum Gasteiger partial charge on any atom is -0.366 e. The molecule has 1 aliphatic heterocycles. The van der Waals surface area contributed by atoms with Crippen LogP contribution in [0.15, 0.2) is 36.9 Å². The lowest BCUT2D eigenvalue weighted by Gasteiger charge is -2.28. The highest BCUT2D eigenvalue weighted by Crippen LogP contribution is 2.25. The lowest BCUT2D eigenvalue weighted by molar-refractivity contribution is 0.590. The van der Waals surface area contributed by atoms with Crippen molar-refractivity contribution in [2.24, 2.45) is 7.05 Å². The van der Waals surface area contributed by atoms with Gasteiger partial charge in [-0.1, -0.05) is 6.07 Å². The van der Waals surface area contributed by atoms with Crippen LogP contribution in [-0.2, 0) is 7.05 Å². The van der Waals surface area contributed by atoms with E-state index in [2.05, 4.69) is 38.7 Å². The van der Waals surface area contributed by atoms with E-state index in [1.165, 1.54) is 5.69 Å². The van der Waals surface area contributed by atoms with Crippen molar-refractivity contribution < 1.29 is 0 Å². The van der Waals surface area contributed by atoms with Crippen molar-refractivity contribution in [2.75, 3.05) is 31.1 Å². The Bertz CT molecular complexity index is 765. The molecule has 0 atom stereocenters. The first kappa shape index (κ1) is 12.4. The van der Waals surface area contributed by atoms with Crippen LogP contribution in [0.3, 0.4) is 0 Å². The van der Waals surface area contributed by atoms with Crippen molar-refractivity contribution in [2.45, 2.75) is 0 Å². The van der Waals surface area contributed by atoms with Crippen LogP contribution in [0.4, 0.5) is 5.69 Å². The zero-order chi connectivity index (χ0) is 14.2. The summed E-state index contributed by atoms with van der Waals surface area (Å²) in [5.41, 5.74) is 4.61. The van der Waals surface area contributed by atoms with Crippen LogP contribution < -0.4 is 10.2 Å². The Hall–Kier alpha value is -2.34. The third-order valence-electron chi connectivity index (χ3n) is 3.99. The largest absolute Gasteiger partial charge is 0.366 e. The highest BCUT2D eigenvalue weighted by molar-refractivity contribution is 5.75. The second-order valence-electron chi connectivity index (χ2n) is 5.42. The van der Waals surface area contributed by atoms with Gasteiger partial charge >= 0.3 is 0 Å². The van der Waals surface area contributed by atoms with Gasteiger partial charge < -0.3 is 10.2 Å². The third kappa shape index (κ3) is 2.17. The van der Waals surface area contributed by atoms with E-state index in [1.54, 1.807) is 0 Å². The SMILES string of the molecule is Cn1cc(-c2ccc3c(N4CCNCC4)cnn3c2)cn1. The Morgan fingerprint density at radius 3 is 2.62 bits per heavy atom. The zero-order valence-corrected chi connectivity index (χ0v) is 12.0. The molecule has 1 N–H and O–H groups in total. The molecule has 0 aliphatic carbocycles. The van der Waals surface area contributed by atoms with E-state index in [9.17, 15) is 0 Å². The number of hydrogen-bond acceptors (Lipinski definition) is 4. The van der Waals surface area contributed by atoms with Crippen LogP contribution in [-0.4, -0.2) is 45.6 Å². The summed E-state index contributed by atoms with van der Waals surface area (Å²) in [6.45, 7) is 4.13. The molecule has 1 fully saturated rings. The first-order valence-electron chi connectivity index (χ1n) is 7.23. The van der Waals surface area contributed by atoms with E-state index < -0.39 is 0 Å². The monoisotopic (exact) mass is 282 g/mol. The van der Waals surface area contributed by atoms with Crippen molar-refractivity contribution in [1.29, 1.82) is 0 Å². The Morgan fingerprint density at radius 2 is 1.86 bits per heavy atom. The van der Waals surface area contributed by atoms with E-state index in [0.717, 1.165) is 42.8 Å². The molecule has 6 heteroatoms. The Labute approximate surface area is 123 Å². The molecular formula is C15H18N6. The van der Waals surface area contributed by atoms with E-state index >= 15 is 0 Å². The molecule has 4 rings (SSSR count). The number of fused-ring (bicyclic) bond motifs is 1. The Morgan fingerprint density at radius 1 is 1.00 bits per heavy atom. The third-order valence-corrected chi connectivity index (χ3v) is 3.99. The molecule has 108 valence electrons. The van der Waals surface area contributed by atoms with Gasteiger partial charge in [-0.15, -0.1) is 0 Å². The van der Waals surface area contributed by atoms with Crippen LogP contribution in [0.5, 0.6) is 0 Å². The smallest absolute Gasteiger partial charge is 0.0896 e. The molecule has 3 aromatic rings. The van der Waals surface area contributed by atoms with Gasteiger partial charge in [0.25, 0.3) is 0 Å². The number of pyridine rings is 1. The van der Waals surface area contributed by atoms with Gasteiger partial charge in [0.1, 0.15) is 0 Å². The fraction of sp³-hybridized carbons (Fsp3) is 0.333. The number of aryl methyl sites for hydroxylation is 1. The fourth-order valence-corrected chi connectivity index (χ4v) is 2.86. The Balaban J connectivity index is 1.73. The van der Waals surface area contributed by atoms with Crippen molar-refractivity contribution in [1.82, 2.24) is 24.7 Å². The number of rotatable bonds is 2. The summed E-state index contributed by atoms with van der Waals surface area (Å²) in [6, 6.07) is 4.28. The molecule has 0 unspecified atom stereocenters. The fourth-order valence-electron chi connectivity index (χ4n) is 2.86. The maximum Gasteiger partial charge on any atom is 0.0896 e. The number of nitrogens with zero attached hydrogens (tertiary/aromatic N) is 5. The minimum atomic E-state index is 1.03. The molecule has 4 heterocycles. The zero-order valence-electron chi connectivity index (χ0n) is 12.0. The first-order valence-corrected chi connectivity index (χ1v) is 7.23.